The van der Waals surface area contributed by atoms with Crippen LogP contribution in [0.1, 0.15) is 350 Å². The molecular weight excluding hydrogens is 1170 g/mol. The predicted molar refractivity (Wildman–Crippen MR) is 358 cm³/mol. The Labute approximate surface area is 543 Å². The van der Waals surface area contributed by atoms with Gasteiger partial charge >= 0.3 is 39.5 Å². The van der Waals surface area contributed by atoms with Crippen LogP contribution >= 0.6 is 15.6 Å². The molecule has 17 nitrogen and oxygen atoms in total. The van der Waals surface area contributed by atoms with Gasteiger partial charge in [0.15, 0.2) is 12.2 Å². The molecule has 6 atom stereocenters. The molecule has 0 bridgehead atoms. The highest BCUT2D eigenvalue weighted by atomic mass is 31.2. The lowest BCUT2D eigenvalue weighted by atomic mass is 10.00. The molecule has 3 unspecified atom stereocenters. The Hall–Kier alpha value is -1.94. The second-order valence-electron chi connectivity index (χ2n) is 26.5. The van der Waals surface area contributed by atoms with E-state index in [1.807, 2.05) is 0 Å². The number of phosphoric acid groups is 2. The van der Waals surface area contributed by atoms with Crippen LogP contribution in [0.25, 0.3) is 0 Å². The maximum atomic E-state index is 13.0. The van der Waals surface area contributed by atoms with Crippen molar-refractivity contribution in [2.75, 3.05) is 39.6 Å². The van der Waals surface area contributed by atoms with Crippen LogP contribution in [0.2, 0.25) is 0 Å². The van der Waals surface area contributed by atoms with Crippen molar-refractivity contribution in [3.63, 3.8) is 0 Å². The van der Waals surface area contributed by atoms with Gasteiger partial charge in [0.05, 0.1) is 26.4 Å². The largest absolute Gasteiger partial charge is 0.472 e. The van der Waals surface area contributed by atoms with E-state index in [4.69, 9.17) is 37.0 Å². The summed E-state index contributed by atoms with van der Waals surface area (Å²) in [6.45, 7) is 11.8. The minimum absolute atomic E-state index is 0.103. The molecular formula is C70H136O17P2. The summed E-state index contributed by atoms with van der Waals surface area (Å²) in [6, 6.07) is 0. The number of ether oxygens (including phenoxy) is 4. The lowest BCUT2D eigenvalue weighted by Crippen LogP contribution is -2.30. The molecule has 0 aliphatic carbocycles. The molecule has 89 heavy (non-hydrogen) atoms. The van der Waals surface area contributed by atoms with Gasteiger partial charge in [0.2, 0.25) is 0 Å². The summed E-state index contributed by atoms with van der Waals surface area (Å²) in [5, 5.41) is 10.6. The second-order valence-corrected chi connectivity index (χ2v) is 29.4. The molecule has 0 heterocycles. The van der Waals surface area contributed by atoms with Crippen LogP contribution < -0.4 is 0 Å². The third-order valence-electron chi connectivity index (χ3n) is 16.5. The summed E-state index contributed by atoms with van der Waals surface area (Å²) in [7, 11) is -9.90. The van der Waals surface area contributed by atoms with Crippen molar-refractivity contribution in [2.24, 2.45) is 17.8 Å². The van der Waals surface area contributed by atoms with Crippen LogP contribution in [0.4, 0.5) is 0 Å². The van der Waals surface area contributed by atoms with Crippen molar-refractivity contribution in [3.05, 3.63) is 0 Å². The first kappa shape index (κ1) is 87.1. The third kappa shape index (κ3) is 63.2. The molecule has 0 spiro atoms. The first-order valence-corrected chi connectivity index (χ1v) is 39.4. The minimum Gasteiger partial charge on any atom is -0.462 e. The van der Waals surface area contributed by atoms with Crippen LogP contribution in [0.15, 0.2) is 0 Å². The van der Waals surface area contributed by atoms with Crippen molar-refractivity contribution in [2.45, 2.75) is 369 Å². The van der Waals surface area contributed by atoms with Gasteiger partial charge in [0, 0.05) is 25.7 Å². The number of carbonyl (C=O) groups is 4. The van der Waals surface area contributed by atoms with Gasteiger partial charge < -0.3 is 33.8 Å². The second kappa shape index (κ2) is 61.0. The first-order chi connectivity index (χ1) is 42.8. The molecule has 0 rings (SSSR count). The van der Waals surface area contributed by atoms with E-state index in [1.165, 1.54) is 161 Å². The van der Waals surface area contributed by atoms with Gasteiger partial charge in [-0.1, -0.05) is 299 Å². The summed E-state index contributed by atoms with van der Waals surface area (Å²) < 4.78 is 68.2. The predicted octanol–water partition coefficient (Wildman–Crippen LogP) is 19.8. The zero-order chi connectivity index (χ0) is 65.9. The zero-order valence-corrected chi connectivity index (χ0v) is 59.7. The molecule has 0 aliphatic rings. The summed E-state index contributed by atoms with van der Waals surface area (Å²) in [5.74, 6) is 0.149. The summed E-state index contributed by atoms with van der Waals surface area (Å²) in [4.78, 5) is 72.5. The Kier molecular flexibility index (Phi) is 59.6. The van der Waals surface area contributed by atoms with E-state index in [0.29, 0.717) is 25.7 Å². The molecule has 0 radical (unpaired) electrons. The van der Waals surface area contributed by atoms with Gasteiger partial charge in [0.25, 0.3) is 0 Å². The molecule has 3 N–H and O–H groups in total. The summed E-state index contributed by atoms with van der Waals surface area (Å²) >= 11 is 0. The highest BCUT2D eigenvalue weighted by Crippen LogP contribution is 2.45. The molecule has 0 saturated carbocycles. The van der Waals surface area contributed by atoms with Crippen LogP contribution in [-0.2, 0) is 65.4 Å². The Morgan fingerprint density at radius 2 is 0.573 bits per heavy atom. The number of aliphatic hydroxyl groups excluding tert-OH is 1. The molecule has 0 fully saturated rings. The smallest absolute Gasteiger partial charge is 0.462 e. The lowest BCUT2D eigenvalue weighted by molar-refractivity contribution is -0.161. The molecule has 0 aromatic heterocycles. The van der Waals surface area contributed by atoms with Crippen molar-refractivity contribution >= 4 is 39.5 Å². The van der Waals surface area contributed by atoms with E-state index < -0.39 is 97.5 Å². The fourth-order valence-corrected chi connectivity index (χ4v) is 12.1. The normalized spacial score (nSPS) is 14.5. The van der Waals surface area contributed by atoms with Crippen molar-refractivity contribution in [1.82, 2.24) is 0 Å². The minimum atomic E-state index is -4.95. The molecule has 0 aromatic rings. The third-order valence-corrected chi connectivity index (χ3v) is 18.4. The lowest BCUT2D eigenvalue weighted by Gasteiger charge is -2.21. The van der Waals surface area contributed by atoms with Gasteiger partial charge in [-0.15, -0.1) is 0 Å². The first-order valence-electron chi connectivity index (χ1n) is 36.4. The number of aliphatic hydroxyl groups is 1. The highest BCUT2D eigenvalue weighted by Gasteiger charge is 2.30. The van der Waals surface area contributed by atoms with Gasteiger partial charge in [-0.3, -0.25) is 37.3 Å². The molecule has 528 valence electrons. The van der Waals surface area contributed by atoms with Crippen molar-refractivity contribution < 1.29 is 80.2 Å². The Morgan fingerprint density at radius 3 is 0.854 bits per heavy atom. The van der Waals surface area contributed by atoms with Crippen molar-refractivity contribution in [1.29, 1.82) is 0 Å². The number of esters is 4. The molecule has 19 heteroatoms. The molecule has 0 aromatic carbocycles. The fraction of sp³-hybridized carbons (Fsp3) is 0.943. The van der Waals surface area contributed by atoms with Crippen molar-refractivity contribution in [3.8, 4) is 0 Å². The van der Waals surface area contributed by atoms with Crippen LogP contribution in [0.5, 0.6) is 0 Å². The molecule has 0 amide bonds. The topological polar surface area (TPSA) is 237 Å². The van der Waals surface area contributed by atoms with Gasteiger partial charge in [0.1, 0.15) is 19.3 Å². The zero-order valence-electron chi connectivity index (χ0n) is 57.9. The maximum absolute atomic E-state index is 13.0. The van der Waals surface area contributed by atoms with E-state index in [1.54, 1.807) is 0 Å². The Bertz CT molecular complexity index is 1750. The van der Waals surface area contributed by atoms with E-state index >= 15 is 0 Å². The highest BCUT2D eigenvalue weighted by molar-refractivity contribution is 7.47. The monoisotopic (exact) mass is 1310 g/mol. The number of unbranched alkanes of at least 4 members (excludes halogenated alkanes) is 35. The average Bonchev–Trinajstić information content (AvgIpc) is 3.71. The van der Waals surface area contributed by atoms with E-state index in [9.17, 15) is 43.2 Å². The van der Waals surface area contributed by atoms with E-state index in [0.717, 1.165) is 108 Å². The SMILES string of the molecule is CCCCCCCCCCCC(=O)OC[C@H](COP(=O)(O)OC[C@H](O)COP(=O)(O)OC[C@@H](COC(=O)CCCCCCCCCCCCCCC(C)C)OC(=O)CCCCCCCCCCCCCCC(C)C)OC(=O)CCCCCCCCC(C)CC. The van der Waals surface area contributed by atoms with Crippen LogP contribution in [0.3, 0.4) is 0 Å². The van der Waals surface area contributed by atoms with E-state index in [2.05, 4.69) is 48.5 Å². The number of hydrogen-bond acceptors (Lipinski definition) is 15. The summed E-state index contributed by atoms with van der Waals surface area (Å²) in [5.41, 5.74) is 0. The molecule has 0 saturated heterocycles. The standard InChI is InChI=1S/C70H136O17P2/c1-8-10-11-12-13-22-29-37-44-51-67(72)80-58-66(87-70(75)54-47-40-33-32-36-43-50-63(7)9-2)60-85-89(78,79)83-56-64(71)55-82-88(76,77)84-59-65(86-69(74)53-46-39-31-26-21-17-15-19-24-28-35-42-49-62(5)6)57-81-68(73)52-45-38-30-25-20-16-14-18-23-27-34-41-48-61(3)4/h61-66,71H,8-60H2,1-7H3,(H,76,77)(H,78,79)/t63?,64-,65-,66-/m1/s1. The summed E-state index contributed by atoms with van der Waals surface area (Å²) in [6.07, 6.45) is 44.4. The van der Waals surface area contributed by atoms with Gasteiger partial charge in [-0.05, 0) is 43.4 Å². The average molecular weight is 1310 g/mol. The Balaban J connectivity index is 5.24. The number of carbonyl (C=O) groups excluding carboxylic acids is 4. The van der Waals surface area contributed by atoms with E-state index in [-0.39, 0.29) is 25.7 Å². The fourth-order valence-electron chi connectivity index (χ4n) is 10.5. The van der Waals surface area contributed by atoms with Gasteiger partial charge in [-0.25, -0.2) is 9.13 Å². The number of rotatable bonds is 68. The van der Waals surface area contributed by atoms with Crippen LogP contribution in [0, 0.1) is 17.8 Å². The maximum Gasteiger partial charge on any atom is 0.472 e. The Morgan fingerprint density at radius 1 is 0.326 bits per heavy atom. The quantitative estimate of drug-likeness (QED) is 0.0222. The number of hydrogen-bond donors (Lipinski definition) is 3. The van der Waals surface area contributed by atoms with Gasteiger partial charge in [-0.2, -0.15) is 0 Å². The number of phosphoric ester groups is 2. The molecule has 0 aliphatic heterocycles. The van der Waals surface area contributed by atoms with Crippen LogP contribution in [-0.4, -0.2) is 96.7 Å².